The number of hydrogen-bond donors (Lipinski definition) is 3. The molecular weight excluding hydrogens is 611 g/mol. The number of thioether (sulfide) groups is 1. The number of carbonyl (C=O) groups excluding carboxylic acids is 2. The largest absolute Gasteiger partial charge is 0.468 e. The van der Waals surface area contributed by atoms with Crippen LogP contribution in [0.5, 0.6) is 0 Å². The minimum absolute atomic E-state index is 0.00437. The fourth-order valence-electron chi connectivity index (χ4n) is 4.28. The molecule has 3 aromatic rings. The van der Waals surface area contributed by atoms with E-state index in [9.17, 15) is 38.1 Å². The van der Waals surface area contributed by atoms with Crippen molar-refractivity contribution in [2.24, 2.45) is 0 Å². The molecule has 0 fully saturated rings. The summed E-state index contributed by atoms with van der Waals surface area (Å²) in [6, 6.07) is 11.7. The van der Waals surface area contributed by atoms with Crippen molar-refractivity contribution >= 4 is 52.2 Å². The lowest BCUT2D eigenvalue weighted by Crippen LogP contribution is -2.31. The van der Waals surface area contributed by atoms with Crippen LogP contribution in [-0.4, -0.2) is 22.5 Å². The second kappa shape index (κ2) is 12.6. The number of anilines is 2. The first-order chi connectivity index (χ1) is 20.3. The van der Waals surface area contributed by atoms with Crippen LogP contribution in [0, 0.1) is 28.4 Å². The number of furan rings is 1. The van der Waals surface area contributed by atoms with Gasteiger partial charge in [-0.2, -0.15) is 18.4 Å². The maximum absolute atomic E-state index is 13.5. The number of amides is 2. The average Bonchev–Trinajstić information content (AvgIpc) is 3.47. The molecule has 1 aliphatic heterocycles. The van der Waals surface area contributed by atoms with E-state index in [2.05, 4.69) is 22.0 Å². The van der Waals surface area contributed by atoms with E-state index < -0.39 is 34.4 Å². The number of nitrogens with zero attached hydrogens (tertiary/aromatic N) is 2. The Morgan fingerprint density at radius 2 is 1.91 bits per heavy atom. The SMILES string of the molecule is CC1=C(C(=O)Nc2cc(C(F)(F)F)ccc2Cl)C(c2ccco2)C(C#N)=C(SCC(=O)Nc2ccc([N+](=O)[O-])cc2C)N1. The number of hydrogen-bond acceptors (Lipinski definition) is 8. The first kappa shape index (κ1) is 31.2. The summed E-state index contributed by atoms with van der Waals surface area (Å²) in [6.45, 7) is 3.14. The highest BCUT2D eigenvalue weighted by atomic mass is 35.5. The summed E-state index contributed by atoms with van der Waals surface area (Å²) in [7, 11) is 0. The van der Waals surface area contributed by atoms with Crippen LogP contribution in [0.1, 0.15) is 29.7 Å². The summed E-state index contributed by atoms with van der Waals surface area (Å²) in [6.07, 6.45) is -3.33. The zero-order chi connectivity index (χ0) is 31.5. The molecule has 15 heteroatoms. The van der Waals surface area contributed by atoms with Gasteiger partial charge in [0.1, 0.15) is 5.76 Å². The van der Waals surface area contributed by atoms with Gasteiger partial charge in [0.25, 0.3) is 11.6 Å². The molecule has 2 amide bonds. The molecule has 0 saturated heterocycles. The standard InChI is InChI=1S/C28H21ClF3N5O5S/c1-14-10-17(37(40)41)6-8-20(14)35-23(38)13-43-27-18(12-33)25(22-4-3-9-42-22)24(15(2)34-27)26(39)36-21-11-16(28(30,31)32)5-7-19(21)29/h3-11,25,34H,13H2,1-2H3,(H,35,38)(H,36,39). The van der Waals surface area contributed by atoms with Gasteiger partial charge in [0.15, 0.2) is 0 Å². The van der Waals surface area contributed by atoms with Gasteiger partial charge in [-0.05, 0) is 55.8 Å². The first-order valence-corrected chi connectivity index (χ1v) is 13.7. The predicted molar refractivity (Wildman–Crippen MR) is 154 cm³/mol. The molecule has 3 N–H and O–H groups in total. The fraction of sp³-hybridized carbons (Fsp3) is 0.179. The molecule has 2 heterocycles. The van der Waals surface area contributed by atoms with E-state index in [-0.39, 0.29) is 49.8 Å². The minimum Gasteiger partial charge on any atom is -0.468 e. The molecule has 0 radical (unpaired) electrons. The quantitative estimate of drug-likeness (QED) is 0.180. The number of nitriles is 1. The van der Waals surface area contributed by atoms with Crippen molar-refractivity contribution in [3.63, 3.8) is 0 Å². The Labute approximate surface area is 251 Å². The van der Waals surface area contributed by atoms with Crippen LogP contribution >= 0.6 is 23.4 Å². The Hall–Kier alpha value is -4.74. The molecule has 4 rings (SSSR count). The van der Waals surface area contributed by atoms with E-state index in [1.807, 2.05) is 0 Å². The topological polar surface area (TPSA) is 150 Å². The number of nitro benzene ring substituents is 1. The first-order valence-electron chi connectivity index (χ1n) is 12.3. The minimum atomic E-state index is -4.67. The Kier molecular flexibility index (Phi) is 9.17. The van der Waals surface area contributed by atoms with Gasteiger partial charge in [-0.25, -0.2) is 0 Å². The van der Waals surface area contributed by atoms with E-state index in [0.29, 0.717) is 17.3 Å². The molecule has 0 bridgehead atoms. The number of aryl methyl sites for hydroxylation is 1. The molecule has 222 valence electrons. The summed E-state index contributed by atoms with van der Waals surface area (Å²) in [5.41, 5.74) is -0.272. The molecule has 10 nitrogen and oxygen atoms in total. The van der Waals surface area contributed by atoms with Gasteiger partial charge in [-0.3, -0.25) is 19.7 Å². The van der Waals surface area contributed by atoms with Crippen molar-refractivity contribution in [1.82, 2.24) is 5.32 Å². The number of nitro groups is 1. The Bertz CT molecular complexity index is 1710. The van der Waals surface area contributed by atoms with Crippen LogP contribution in [0.15, 0.2) is 81.1 Å². The molecule has 1 aromatic heterocycles. The molecule has 2 aromatic carbocycles. The summed E-state index contributed by atoms with van der Waals surface area (Å²) < 4.78 is 45.3. The van der Waals surface area contributed by atoms with Crippen LogP contribution in [0.2, 0.25) is 5.02 Å². The maximum Gasteiger partial charge on any atom is 0.416 e. The summed E-state index contributed by atoms with van der Waals surface area (Å²) >= 11 is 7.05. The highest BCUT2D eigenvalue weighted by molar-refractivity contribution is 8.03. The van der Waals surface area contributed by atoms with E-state index in [1.54, 1.807) is 13.0 Å². The zero-order valence-corrected chi connectivity index (χ0v) is 23.9. The lowest BCUT2D eigenvalue weighted by molar-refractivity contribution is -0.384. The summed E-state index contributed by atoms with van der Waals surface area (Å²) in [5.74, 6) is -2.32. The number of non-ortho nitro benzene ring substituents is 1. The zero-order valence-electron chi connectivity index (χ0n) is 22.3. The van der Waals surface area contributed by atoms with Crippen molar-refractivity contribution in [1.29, 1.82) is 5.26 Å². The van der Waals surface area contributed by atoms with E-state index >= 15 is 0 Å². The average molecular weight is 632 g/mol. The van der Waals surface area contributed by atoms with Crippen LogP contribution < -0.4 is 16.0 Å². The fourth-order valence-corrected chi connectivity index (χ4v) is 5.34. The van der Waals surface area contributed by atoms with Gasteiger partial charge in [-0.1, -0.05) is 23.4 Å². The number of carbonyl (C=O) groups is 2. The van der Waals surface area contributed by atoms with Crippen LogP contribution in [0.4, 0.5) is 30.2 Å². The Morgan fingerprint density at radius 3 is 2.51 bits per heavy atom. The third-order valence-corrected chi connectivity index (χ3v) is 7.65. The molecule has 1 unspecified atom stereocenters. The van der Waals surface area contributed by atoms with Crippen molar-refractivity contribution in [2.45, 2.75) is 25.9 Å². The number of halogens is 4. The number of rotatable bonds is 8. The molecule has 1 atom stereocenters. The number of alkyl halides is 3. The van der Waals surface area contributed by atoms with Gasteiger partial charge >= 0.3 is 6.18 Å². The second-order valence-electron chi connectivity index (χ2n) is 9.21. The normalized spacial score (nSPS) is 15.0. The lowest BCUT2D eigenvalue weighted by atomic mass is 9.85. The van der Waals surface area contributed by atoms with Gasteiger partial charge in [0, 0.05) is 23.5 Å². The monoisotopic (exact) mass is 631 g/mol. The number of allylic oxidation sites excluding steroid dienone is 2. The number of nitrogens with one attached hydrogen (secondary N) is 3. The molecule has 43 heavy (non-hydrogen) atoms. The van der Waals surface area contributed by atoms with Gasteiger partial charge in [0.05, 0.1) is 61.4 Å². The Balaban J connectivity index is 1.59. The van der Waals surface area contributed by atoms with E-state index in [0.717, 1.165) is 23.9 Å². The molecule has 0 spiro atoms. The number of dihydropyridines is 1. The van der Waals surface area contributed by atoms with Crippen molar-refractivity contribution in [3.05, 3.63) is 109 Å². The third-order valence-electron chi connectivity index (χ3n) is 6.30. The highest BCUT2D eigenvalue weighted by Crippen LogP contribution is 2.42. The number of benzene rings is 2. The predicted octanol–water partition coefficient (Wildman–Crippen LogP) is 6.88. The Morgan fingerprint density at radius 1 is 1.16 bits per heavy atom. The van der Waals surface area contributed by atoms with Crippen LogP contribution in [0.3, 0.4) is 0 Å². The van der Waals surface area contributed by atoms with Gasteiger partial charge < -0.3 is 20.4 Å². The van der Waals surface area contributed by atoms with Crippen molar-refractivity contribution in [2.75, 3.05) is 16.4 Å². The van der Waals surface area contributed by atoms with Crippen LogP contribution in [0.25, 0.3) is 0 Å². The highest BCUT2D eigenvalue weighted by Gasteiger charge is 2.37. The van der Waals surface area contributed by atoms with Crippen LogP contribution in [-0.2, 0) is 15.8 Å². The molecule has 1 aliphatic rings. The van der Waals surface area contributed by atoms with Gasteiger partial charge in [-0.15, -0.1) is 0 Å². The molecule has 0 saturated carbocycles. The van der Waals surface area contributed by atoms with E-state index in [1.165, 1.54) is 37.5 Å². The summed E-state index contributed by atoms with van der Waals surface area (Å²) in [4.78, 5) is 36.7. The third kappa shape index (κ3) is 7.02. The van der Waals surface area contributed by atoms with Crippen molar-refractivity contribution < 1.29 is 32.1 Å². The van der Waals surface area contributed by atoms with E-state index in [4.69, 9.17) is 16.0 Å². The van der Waals surface area contributed by atoms with Crippen molar-refractivity contribution in [3.8, 4) is 6.07 Å². The lowest BCUT2D eigenvalue weighted by Gasteiger charge is -2.28. The second-order valence-corrected chi connectivity index (χ2v) is 10.6. The van der Waals surface area contributed by atoms with Gasteiger partial charge in [0.2, 0.25) is 5.91 Å². The molecule has 0 aliphatic carbocycles. The molecular formula is C28H21ClF3N5O5S. The maximum atomic E-state index is 13.5. The smallest absolute Gasteiger partial charge is 0.416 e. The summed E-state index contributed by atoms with van der Waals surface area (Å²) in [5, 5.41) is 29.3.